The quantitative estimate of drug-likeness (QED) is 0.606. The highest BCUT2D eigenvalue weighted by Gasteiger charge is 2.17. The SMILES string of the molecule is C=CCN(CC(=O)N(CCC)CCC)C(C)=O. The van der Waals surface area contributed by atoms with Crippen molar-refractivity contribution in [3.63, 3.8) is 0 Å². The third kappa shape index (κ3) is 6.09. The zero-order valence-corrected chi connectivity index (χ0v) is 11.2. The maximum Gasteiger partial charge on any atom is 0.242 e. The zero-order valence-electron chi connectivity index (χ0n) is 11.2. The Bertz CT molecular complexity index is 258. The number of carbonyl (C=O) groups is 2. The average molecular weight is 240 g/mol. The molecule has 2 amide bonds. The summed E-state index contributed by atoms with van der Waals surface area (Å²) in [5.74, 6) is -0.0723. The second-order valence-electron chi connectivity index (χ2n) is 4.07. The van der Waals surface area contributed by atoms with Crippen molar-refractivity contribution in [2.45, 2.75) is 33.6 Å². The third-order valence-corrected chi connectivity index (χ3v) is 2.46. The van der Waals surface area contributed by atoms with Gasteiger partial charge in [-0.15, -0.1) is 6.58 Å². The first-order valence-electron chi connectivity index (χ1n) is 6.20. The van der Waals surface area contributed by atoms with Gasteiger partial charge in [-0.2, -0.15) is 0 Å². The fraction of sp³-hybridized carbons (Fsp3) is 0.692. The van der Waals surface area contributed by atoms with Crippen LogP contribution in [0.3, 0.4) is 0 Å². The van der Waals surface area contributed by atoms with Gasteiger partial charge in [0.05, 0.1) is 0 Å². The molecular formula is C13H24N2O2. The van der Waals surface area contributed by atoms with Crippen molar-refractivity contribution in [1.82, 2.24) is 9.80 Å². The van der Waals surface area contributed by atoms with Gasteiger partial charge in [-0.1, -0.05) is 19.9 Å². The Hall–Kier alpha value is -1.32. The largest absolute Gasteiger partial charge is 0.341 e. The number of carbonyl (C=O) groups excluding carboxylic acids is 2. The standard InChI is InChI=1S/C13H24N2O2/c1-5-8-14(9-6-2)13(17)11-15(10-7-3)12(4)16/h7H,3,5-6,8-11H2,1-2,4H3. The molecule has 0 rings (SSSR count). The Labute approximate surface area is 104 Å². The van der Waals surface area contributed by atoms with E-state index in [1.54, 1.807) is 6.08 Å². The van der Waals surface area contributed by atoms with Crippen LogP contribution in [-0.2, 0) is 9.59 Å². The molecule has 0 bridgehead atoms. The van der Waals surface area contributed by atoms with Gasteiger partial charge in [-0.3, -0.25) is 9.59 Å². The summed E-state index contributed by atoms with van der Waals surface area (Å²) in [6, 6.07) is 0. The van der Waals surface area contributed by atoms with Gasteiger partial charge in [-0.25, -0.2) is 0 Å². The molecule has 0 aromatic rings. The van der Waals surface area contributed by atoms with Gasteiger partial charge in [0.25, 0.3) is 0 Å². The van der Waals surface area contributed by atoms with Crippen LogP contribution >= 0.6 is 0 Å². The minimum Gasteiger partial charge on any atom is -0.341 e. The second kappa shape index (κ2) is 8.79. The first-order valence-corrected chi connectivity index (χ1v) is 6.20. The maximum absolute atomic E-state index is 12.0. The van der Waals surface area contributed by atoms with Gasteiger partial charge in [0, 0.05) is 26.6 Å². The predicted molar refractivity (Wildman–Crippen MR) is 69.6 cm³/mol. The molecule has 0 spiro atoms. The van der Waals surface area contributed by atoms with E-state index in [1.165, 1.54) is 11.8 Å². The zero-order chi connectivity index (χ0) is 13.3. The molecule has 0 saturated heterocycles. The summed E-state index contributed by atoms with van der Waals surface area (Å²) in [6.07, 6.45) is 3.51. The molecule has 4 nitrogen and oxygen atoms in total. The lowest BCUT2D eigenvalue weighted by Crippen LogP contribution is -2.42. The molecule has 0 aliphatic heterocycles. The average Bonchev–Trinajstić information content (AvgIpc) is 2.28. The van der Waals surface area contributed by atoms with E-state index in [-0.39, 0.29) is 18.4 Å². The van der Waals surface area contributed by atoms with Gasteiger partial charge in [0.2, 0.25) is 11.8 Å². The molecule has 0 heterocycles. The fourth-order valence-corrected chi connectivity index (χ4v) is 1.62. The predicted octanol–water partition coefficient (Wildman–Crippen LogP) is 1.67. The van der Waals surface area contributed by atoms with Crippen molar-refractivity contribution in [3.8, 4) is 0 Å². The normalized spacial score (nSPS) is 9.82. The summed E-state index contributed by atoms with van der Waals surface area (Å²) in [5, 5.41) is 0. The van der Waals surface area contributed by atoms with E-state index < -0.39 is 0 Å². The van der Waals surface area contributed by atoms with Gasteiger partial charge >= 0.3 is 0 Å². The lowest BCUT2D eigenvalue weighted by Gasteiger charge is -2.25. The summed E-state index contributed by atoms with van der Waals surface area (Å²) in [7, 11) is 0. The highest BCUT2D eigenvalue weighted by Crippen LogP contribution is 1.99. The van der Waals surface area contributed by atoms with Crippen LogP contribution in [0.15, 0.2) is 12.7 Å². The van der Waals surface area contributed by atoms with Crippen molar-refractivity contribution in [1.29, 1.82) is 0 Å². The molecule has 0 aromatic carbocycles. The van der Waals surface area contributed by atoms with Gasteiger partial charge < -0.3 is 9.80 Å². The molecule has 0 fully saturated rings. The molecule has 0 aliphatic rings. The first-order chi connectivity index (χ1) is 8.06. The van der Waals surface area contributed by atoms with Crippen molar-refractivity contribution in [2.75, 3.05) is 26.2 Å². The molecular weight excluding hydrogens is 216 g/mol. The summed E-state index contributed by atoms with van der Waals surface area (Å²) >= 11 is 0. The highest BCUT2D eigenvalue weighted by molar-refractivity contribution is 5.83. The monoisotopic (exact) mass is 240 g/mol. The highest BCUT2D eigenvalue weighted by atomic mass is 16.2. The number of amides is 2. The number of rotatable bonds is 8. The number of hydrogen-bond acceptors (Lipinski definition) is 2. The van der Waals surface area contributed by atoms with E-state index in [2.05, 4.69) is 6.58 Å². The Morgan fingerprint density at radius 2 is 1.65 bits per heavy atom. The summed E-state index contributed by atoms with van der Waals surface area (Å²) in [4.78, 5) is 26.7. The molecule has 0 aliphatic carbocycles. The number of hydrogen-bond donors (Lipinski definition) is 0. The van der Waals surface area contributed by atoms with Crippen molar-refractivity contribution in [3.05, 3.63) is 12.7 Å². The lowest BCUT2D eigenvalue weighted by atomic mass is 10.3. The minimum atomic E-state index is -0.0915. The topological polar surface area (TPSA) is 40.6 Å². The smallest absolute Gasteiger partial charge is 0.242 e. The molecule has 17 heavy (non-hydrogen) atoms. The van der Waals surface area contributed by atoms with E-state index in [4.69, 9.17) is 0 Å². The van der Waals surface area contributed by atoms with Crippen LogP contribution in [0.25, 0.3) is 0 Å². The second-order valence-corrected chi connectivity index (χ2v) is 4.07. The van der Waals surface area contributed by atoms with Crippen LogP contribution in [0.1, 0.15) is 33.6 Å². The summed E-state index contributed by atoms with van der Waals surface area (Å²) in [5.41, 5.74) is 0. The van der Waals surface area contributed by atoms with E-state index >= 15 is 0 Å². The van der Waals surface area contributed by atoms with E-state index in [0.717, 1.165) is 25.9 Å². The maximum atomic E-state index is 12.0. The molecule has 0 unspecified atom stereocenters. The van der Waals surface area contributed by atoms with Crippen LogP contribution in [0.5, 0.6) is 0 Å². The third-order valence-electron chi connectivity index (χ3n) is 2.46. The Balaban J connectivity index is 4.43. The van der Waals surface area contributed by atoms with Gasteiger partial charge in [0.1, 0.15) is 6.54 Å². The number of nitrogens with zero attached hydrogens (tertiary/aromatic N) is 2. The fourth-order valence-electron chi connectivity index (χ4n) is 1.62. The molecule has 0 N–H and O–H groups in total. The molecule has 0 saturated carbocycles. The van der Waals surface area contributed by atoms with Crippen LogP contribution in [0.2, 0.25) is 0 Å². The molecule has 0 aromatic heterocycles. The molecule has 98 valence electrons. The summed E-state index contributed by atoms with van der Waals surface area (Å²) in [6.45, 7) is 11.2. The van der Waals surface area contributed by atoms with E-state index in [1.807, 2.05) is 18.7 Å². The lowest BCUT2D eigenvalue weighted by molar-refractivity contribution is -0.139. The molecule has 0 atom stereocenters. The van der Waals surface area contributed by atoms with E-state index in [9.17, 15) is 9.59 Å². The van der Waals surface area contributed by atoms with Crippen molar-refractivity contribution in [2.24, 2.45) is 0 Å². The van der Waals surface area contributed by atoms with E-state index in [0.29, 0.717) is 6.54 Å². The van der Waals surface area contributed by atoms with Crippen LogP contribution in [0.4, 0.5) is 0 Å². The summed E-state index contributed by atoms with van der Waals surface area (Å²) < 4.78 is 0. The van der Waals surface area contributed by atoms with Crippen LogP contribution in [-0.4, -0.2) is 47.8 Å². The van der Waals surface area contributed by atoms with Gasteiger partial charge in [0.15, 0.2) is 0 Å². The van der Waals surface area contributed by atoms with Gasteiger partial charge in [-0.05, 0) is 12.8 Å². The van der Waals surface area contributed by atoms with Crippen LogP contribution < -0.4 is 0 Å². The molecule has 4 heteroatoms. The van der Waals surface area contributed by atoms with Crippen molar-refractivity contribution >= 4 is 11.8 Å². The molecule has 0 radical (unpaired) electrons. The Kier molecular flexibility index (Phi) is 8.11. The Morgan fingerprint density at radius 3 is 2.00 bits per heavy atom. The van der Waals surface area contributed by atoms with Crippen LogP contribution in [0, 0.1) is 0 Å². The van der Waals surface area contributed by atoms with Crippen molar-refractivity contribution < 1.29 is 9.59 Å². The first kappa shape index (κ1) is 15.7. The Morgan fingerprint density at radius 1 is 1.12 bits per heavy atom. The minimum absolute atomic E-state index is 0.0192.